The predicted molar refractivity (Wildman–Crippen MR) is 90.6 cm³/mol. The van der Waals surface area contributed by atoms with Crippen molar-refractivity contribution in [3.8, 4) is 0 Å². The second kappa shape index (κ2) is 5.96. The maximum absolute atomic E-state index is 11.7. The fraction of sp³-hybridized carbons (Fsp3) is 0.588. The Labute approximate surface area is 145 Å². The molecule has 2 saturated heterocycles. The number of rotatable bonds is 4. The van der Waals surface area contributed by atoms with Crippen molar-refractivity contribution in [3.05, 3.63) is 17.8 Å². The molecular formula is C17H22N4O4. The molecule has 2 aromatic heterocycles. The van der Waals surface area contributed by atoms with Crippen LogP contribution in [0.4, 0.5) is 5.95 Å². The summed E-state index contributed by atoms with van der Waals surface area (Å²) in [7, 11) is 1.35. The zero-order valence-electron chi connectivity index (χ0n) is 14.4. The van der Waals surface area contributed by atoms with Gasteiger partial charge in [-0.15, -0.1) is 0 Å². The molecule has 1 N–H and O–H groups in total. The average molecular weight is 346 g/mol. The van der Waals surface area contributed by atoms with E-state index < -0.39 is 5.97 Å². The number of anilines is 1. The number of hydrogen-bond donors (Lipinski definition) is 1. The van der Waals surface area contributed by atoms with Crippen molar-refractivity contribution < 1.29 is 19.4 Å². The van der Waals surface area contributed by atoms with Crippen LogP contribution in [-0.2, 0) is 16.0 Å². The number of carbonyl (C=O) groups excluding carboxylic acids is 1. The maximum Gasteiger partial charge on any atom is 0.339 e. The number of ether oxygens (including phenoxy) is 2. The molecule has 0 radical (unpaired) electrons. The summed E-state index contributed by atoms with van der Waals surface area (Å²) in [6, 6.07) is 1.71. The van der Waals surface area contributed by atoms with E-state index in [9.17, 15) is 9.90 Å². The molecule has 2 atom stereocenters. The van der Waals surface area contributed by atoms with Crippen LogP contribution in [0, 0.1) is 11.3 Å². The van der Waals surface area contributed by atoms with E-state index in [2.05, 4.69) is 9.88 Å². The van der Waals surface area contributed by atoms with Gasteiger partial charge in [0, 0.05) is 37.2 Å². The molecule has 4 heterocycles. The van der Waals surface area contributed by atoms with Crippen LogP contribution in [0.2, 0.25) is 0 Å². The zero-order valence-corrected chi connectivity index (χ0v) is 14.4. The summed E-state index contributed by atoms with van der Waals surface area (Å²) in [4.78, 5) is 23.1. The van der Waals surface area contributed by atoms with Gasteiger partial charge in [-0.3, -0.25) is 4.57 Å². The molecule has 0 unspecified atom stereocenters. The van der Waals surface area contributed by atoms with Gasteiger partial charge in [-0.1, -0.05) is 0 Å². The second-order valence-corrected chi connectivity index (χ2v) is 6.83. The zero-order chi connectivity index (χ0) is 17.6. The largest absolute Gasteiger partial charge is 0.465 e. The Bertz CT molecular complexity index is 820. The lowest BCUT2D eigenvalue weighted by molar-refractivity contribution is 0.0600. The van der Waals surface area contributed by atoms with Gasteiger partial charge in [0.1, 0.15) is 5.52 Å². The summed E-state index contributed by atoms with van der Waals surface area (Å²) in [6.07, 6.45) is 1.52. The molecule has 0 aromatic carbocycles. The fourth-order valence-corrected chi connectivity index (χ4v) is 3.97. The van der Waals surface area contributed by atoms with Crippen molar-refractivity contribution >= 4 is 23.1 Å². The summed E-state index contributed by atoms with van der Waals surface area (Å²) in [5.41, 5.74) is 1.60. The van der Waals surface area contributed by atoms with E-state index in [1.807, 2.05) is 11.5 Å². The molecule has 8 nitrogen and oxygen atoms in total. The monoisotopic (exact) mass is 346 g/mol. The summed E-state index contributed by atoms with van der Waals surface area (Å²) < 4.78 is 12.4. The highest BCUT2D eigenvalue weighted by Crippen LogP contribution is 2.42. The highest BCUT2D eigenvalue weighted by Gasteiger charge is 2.51. The topological polar surface area (TPSA) is 89.7 Å². The minimum Gasteiger partial charge on any atom is -0.465 e. The Balaban J connectivity index is 1.73. The Morgan fingerprint density at radius 1 is 1.56 bits per heavy atom. The van der Waals surface area contributed by atoms with E-state index in [4.69, 9.17) is 14.5 Å². The maximum atomic E-state index is 11.7. The number of carbonyl (C=O) groups is 1. The number of methoxy groups -OCH3 is 1. The van der Waals surface area contributed by atoms with Gasteiger partial charge in [0.25, 0.3) is 0 Å². The molecule has 0 amide bonds. The number of esters is 1. The number of aliphatic hydroxyl groups is 1. The number of fused-ring (bicyclic) bond motifs is 2. The molecule has 0 saturated carbocycles. The van der Waals surface area contributed by atoms with Gasteiger partial charge in [0.05, 0.1) is 32.5 Å². The molecular weight excluding hydrogens is 324 g/mol. The minimum absolute atomic E-state index is 0.116. The Kier molecular flexibility index (Phi) is 3.88. The number of pyridine rings is 1. The van der Waals surface area contributed by atoms with Crippen molar-refractivity contribution in [2.24, 2.45) is 11.3 Å². The third kappa shape index (κ3) is 2.39. The van der Waals surface area contributed by atoms with E-state index >= 15 is 0 Å². The lowest BCUT2D eigenvalue weighted by Crippen LogP contribution is -2.35. The first-order chi connectivity index (χ1) is 12.1. The molecule has 2 fully saturated rings. The van der Waals surface area contributed by atoms with Crippen LogP contribution in [0.25, 0.3) is 11.2 Å². The third-order valence-corrected chi connectivity index (χ3v) is 5.42. The molecule has 4 rings (SSSR count). The van der Waals surface area contributed by atoms with Gasteiger partial charge in [0.15, 0.2) is 5.65 Å². The fourth-order valence-electron chi connectivity index (χ4n) is 3.97. The first-order valence-electron chi connectivity index (χ1n) is 8.50. The quantitative estimate of drug-likeness (QED) is 0.814. The van der Waals surface area contributed by atoms with Crippen molar-refractivity contribution in [3.63, 3.8) is 0 Å². The van der Waals surface area contributed by atoms with Crippen LogP contribution in [0.15, 0.2) is 12.3 Å². The summed E-state index contributed by atoms with van der Waals surface area (Å²) in [5, 5.41) is 9.88. The standard InChI is InChI=1S/C17H22N4O4/c1-3-21-14-13(4-11(5-18-14)15(23)24-2)19-16(21)20-6-12-7-25-10-17(12,8-20)9-22/h4-5,12,22H,3,6-10H2,1-2H3/t12-,17-/m0/s1. The van der Waals surface area contributed by atoms with Crippen molar-refractivity contribution in [2.75, 3.05) is 44.9 Å². The predicted octanol–water partition coefficient (Wildman–Crippen LogP) is 0.683. The van der Waals surface area contributed by atoms with Gasteiger partial charge >= 0.3 is 5.97 Å². The second-order valence-electron chi connectivity index (χ2n) is 6.83. The van der Waals surface area contributed by atoms with Gasteiger partial charge in [-0.25, -0.2) is 14.8 Å². The van der Waals surface area contributed by atoms with Crippen LogP contribution < -0.4 is 4.90 Å². The molecule has 0 spiro atoms. The third-order valence-electron chi connectivity index (χ3n) is 5.42. The molecule has 25 heavy (non-hydrogen) atoms. The average Bonchev–Trinajstić information content (AvgIpc) is 3.29. The number of aliphatic hydroxyl groups excluding tert-OH is 1. The normalized spacial score (nSPS) is 25.6. The Morgan fingerprint density at radius 3 is 3.08 bits per heavy atom. The number of aryl methyl sites for hydroxylation is 1. The first-order valence-corrected chi connectivity index (χ1v) is 8.50. The first kappa shape index (κ1) is 16.3. The summed E-state index contributed by atoms with van der Waals surface area (Å²) in [6.45, 7) is 5.65. The molecule has 134 valence electrons. The van der Waals surface area contributed by atoms with Crippen molar-refractivity contribution in [1.82, 2.24) is 14.5 Å². The number of imidazole rings is 1. The molecule has 0 bridgehead atoms. The number of aromatic nitrogens is 3. The van der Waals surface area contributed by atoms with Gasteiger partial charge < -0.3 is 19.5 Å². The van der Waals surface area contributed by atoms with E-state index in [0.29, 0.717) is 36.8 Å². The minimum atomic E-state index is -0.422. The molecule has 2 aromatic rings. The van der Waals surface area contributed by atoms with E-state index in [0.717, 1.165) is 24.7 Å². The molecule has 0 aliphatic carbocycles. The lowest BCUT2D eigenvalue weighted by Gasteiger charge is -2.24. The molecule has 8 heteroatoms. The van der Waals surface area contributed by atoms with E-state index in [-0.39, 0.29) is 12.0 Å². The number of nitrogens with zero attached hydrogens (tertiary/aromatic N) is 4. The highest BCUT2D eigenvalue weighted by molar-refractivity contribution is 5.92. The Hall–Kier alpha value is -2.19. The van der Waals surface area contributed by atoms with Crippen LogP contribution in [0.5, 0.6) is 0 Å². The molecule has 2 aliphatic heterocycles. The van der Waals surface area contributed by atoms with E-state index in [1.165, 1.54) is 13.3 Å². The van der Waals surface area contributed by atoms with Crippen molar-refractivity contribution in [2.45, 2.75) is 13.5 Å². The van der Waals surface area contributed by atoms with Gasteiger partial charge in [-0.2, -0.15) is 0 Å². The number of hydrogen-bond acceptors (Lipinski definition) is 7. The van der Waals surface area contributed by atoms with Crippen LogP contribution >= 0.6 is 0 Å². The van der Waals surface area contributed by atoms with Crippen LogP contribution in [-0.4, -0.2) is 65.6 Å². The van der Waals surface area contributed by atoms with Crippen molar-refractivity contribution in [1.29, 1.82) is 0 Å². The Morgan fingerprint density at radius 2 is 2.40 bits per heavy atom. The SMILES string of the molecule is CCn1c(N2C[C@H]3COC[C@@]3(CO)C2)nc2cc(C(=O)OC)cnc21. The molecule has 2 aliphatic rings. The summed E-state index contributed by atoms with van der Waals surface area (Å²) >= 11 is 0. The smallest absolute Gasteiger partial charge is 0.339 e. The lowest BCUT2D eigenvalue weighted by atomic mass is 9.82. The summed E-state index contributed by atoms with van der Waals surface area (Å²) in [5.74, 6) is 0.713. The van der Waals surface area contributed by atoms with Crippen LogP contribution in [0.1, 0.15) is 17.3 Å². The van der Waals surface area contributed by atoms with E-state index in [1.54, 1.807) is 6.07 Å². The van der Waals surface area contributed by atoms with Crippen LogP contribution in [0.3, 0.4) is 0 Å². The van der Waals surface area contributed by atoms with Gasteiger partial charge in [0.2, 0.25) is 5.95 Å². The van der Waals surface area contributed by atoms with Gasteiger partial charge in [-0.05, 0) is 13.0 Å². The highest BCUT2D eigenvalue weighted by atomic mass is 16.5.